The van der Waals surface area contributed by atoms with E-state index in [0.29, 0.717) is 37.9 Å². The molecule has 0 bridgehead atoms. The largest absolute Gasteiger partial charge is 0.490 e. The third-order valence-electron chi connectivity index (χ3n) is 6.46. The molecule has 0 spiro atoms. The number of unbranched alkanes of at least 4 members (excludes halogenated alkanes) is 1. The van der Waals surface area contributed by atoms with Crippen molar-refractivity contribution < 1.29 is 38.0 Å². The summed E-state index contributed by atoms with van der Waals surface area (Å²) in [5.41, 5.74) is 0.981. The van der Waals surface area contributed by atoms with Gasteiger partial charge in [-0.1, -0.05) is 38.0 Å². The Labute approximate surface area is 179 Å². The zero-order valence-corrected chi connectivity index (χ0v) is 17.4. The second kappa shape index (κ2) is 9.61. The molecule has 1 heterocycles. The first-order chi connectivity index (χ1) is 14.6. The highest BCUT2D eigenvalue weighted by Gasteiger charge is 2.45. The van der Waals surface area contributed by atoms with Gasteiger partial charge in [0.1, 0.15) is 11.9 Å². The van der Waals surface area contributed by atoms with Crippen molar-refractivity contribution in [3.05, 3.63) is 41.5 Å². The fourth-order valence-electron chi connectivity index (χ4n) is 4.71. The van der Waals surface area contributed by atoms with E-state index in [1.165, 1.54) is 24.3 Å². The lowest BCUT2D eigenvalue weighted by atomic mass is 9.87. The summed E-state index contributed by atoms with van der Waals surface area (Å²) in [4.78, 5) is 11.2. The Morgan fingerprint density at radius 1 is 1.35 bits per heavy atom. The molecule has 0 radical (unpaired) electrons. The lowest BCUT2D eigenvalue weighted by Crippen LogP contribution is -2.33. The summed E-state index contributed by atoms with van der Waals surface area (Å²) in [6.07, 6.45) is -2.27. The van der Waals surface area contributed by atoms with Gasteiger partial charge in [-0.25, -0.2) is 4.79 Å². The summed E-state index contributed by atoms with van der Waals surface area (Å²) >= 11 is 0. The van der Waals surface area contributed by atoms with Crippen molar-refractivity contribution in [1.82, 2.24) is 0 Å². The number of carboxylic acids is 1. The van der Waals surface area contributed by atoms with Gasteiger partial charge < -0.3 is 20.1 Å². The van der Waals surface area contributed by atoms with E-state index >= 15 is 0 Å². The molecule has 5 nitrogen and oxygen atoms in total. The monoisotopic (exact) mass is 442 g/mol. The van der Waals surface area contributed by atoms with E-state index in [0.717, 1.165) is 5.56 Å². The average Bonchev–Trinajstić information content (AvgIpc) is 2.86. The van der Waals surface area contributed by atoms with Crippen LogP contribution < -0.4 is 4.74 Å². The number of aryl methyl sites for hydroxylation is 1. The van der Waals surface area contributed by atoms with E-state index in [9.17, 15) is 33.3 Å². The van der Waals surface area contributed by atoms with E-state index in [4.69, 9.17) is 4.74 Å². The molecule has 1 aliphatic heterocycles. The second-order valence-electron chi connectivity index (χ2n) is 8.53. The van der Waals surface area contributed by atoms with E-state index < -0.39 is 36.2 Å². The minimum absolute atomic E-state index is 0.112. The Bertz CT molecular complexity index is 807. The number of aliphatic hydroxyl groups is 2. The number of fused-ring (bicyclic) bond motifs is 2. The van der Waals surface area contributed by atoms with Gasteiger partial charge in [0, 0.05) is 18.3 Å². The van der Waals surface area contributed by atoms with Crippen molar-refractivity contribution in [3.63, 3.8) is 0 Å². The van der Waals surface area contributed by atoms with Gasteiger partial charge in [0.2, 0.25) is 0 Å². The molecule has 8 heteroatoms. The number of halogens is 3. The van der Waals surface area contributed by atoms with Crippen LogP contribution in [0.1, 0.15) is 54.9 Å². The van der Waals surface area contributed by atoms with Gasteiger partial charge in [-0.2, -0.15) is 13.2 Å². The quantitative estimate of drug-likeness (QED) is 0.546. The smallest absolute Gasteiger partial charge is 0.394 e. The van der Waals surface area contributed by atoms with Gasteiger partial charge in [-0.05, 0) is 37.0 Å². The number of carboxylic acid groups (broad SMARTS) is 1. The van der Waals surface area contributed by atoms with Crippen molar-refractivity contribution in [2.45, 2.75) is 69.9 Å². The fourth-order valence-corrected chi connectivity index (χ4v) is 4.71. The van der Waals surface area contributed by atoms with Crippen molar-refractivity contribution in [2.24, 2.45) is 17.8 Å². The summed E-state index contributed by atoms with van der Waals surface area (Å²) in [5, 5.41) is 29.9. The maximum Gasteiger partial charge on any atom is 0.394 e. The molecule has 6 atom stereocenters. The van der Waals surface area contributed by atoms with Gasteiger partial charge in [-0.15, -0.1) is 0 Å². The molecule has 3 N–H and O–H groups in total. The predicted molar refractivity (Wildman–Crippen MR) is 108 cm³/mol. The van der Waals surface area contributed by atoms with Gasteiger partial charge in [-0.3, -0.25) is 0 Å². The molecule has 0 aromatic heterocycles. The molecular weight excluding hydrogens is 413 g/mol. The number of aliphatic hydroxyl groups excluding tert-OH is 2. The molecule has 0 amide bonds. The number of hydrogen-bond donors (Lipinski definition) is 3. The zero-order chi connectivity index (χ0) is 22.8. The minimum Gasteiger partial charge on any atom is -0.490 e. The van der Waals surface area contributed by atoms with Crippen LogP contribution in [0, 0.1) is 17.8 Å². The maximum absolute atomic E-state index is 13.3. The molecule has 0 saturated heterocycles. The van der Waals surface area contributed by atoms with Crippen LogP contribution in [0.5, 0.6) is 5.75 Å². The Kier molecular flexibility index (Phi) is 7.31. The maximum atomic E-state index is 13.3. The summed E-state index contributed by atoms with van der Waals surface area (Å²) in [7, 11) is 0. The summed E-state index contributed by atoms with van der Waals surface area (Å²) in [5.74, 6) is -2.99. The molecule has 31 heavy (non-hydrogen) atoms. The normalized spacial score (nSPS) is 27.8. The Morgan fingerprint density at radius 2 is 2.10 bits per heavy atom. The van der Waals surface area contributed by atoms with Crippen LogP contribution in [0.25, 0.3) is 0 Å². The first kappa shape index (κ1) is 23.6. The molecule has 1 unspecified atom stereocenters. The number of benzene rings is 1. The molecule has 1 saturated carbocycles. The Hall–Kier alpha value is -2.06. The van der Waals surface area contributed by atoms with Gasteiger partial charge in [0.05, 0.1) is 23.7 Å². The highest BCUT2D eigenvalue weighted by atomic mass is 19.4. The van der Waals surface area contributed by atoms with Crippen molar-refractivity contribution in [2.75, 3.05) is 0 Å². The lowest BCUT2D eigenvalue weighted by molar-refractivity contribution is -0.195. The van der Waals surface area contributed by atoms with Crippen LogP contribution in [0.2, 0.25) is 0 Å². The predicted octanol–water partition coefficient (Wildman–Crippen LogP) is 4.36. The zero-order valence-electron chi connectivity index (χ0n) is 17.4. The van der Waals surface area contributed by atoms with Crippen molar-refractivity contribution >= 4 is 5.97 Å². The Balaban J connectivity index is 1.74. The minimum atomic E-state index is -4.50. The van der Waals surface area contributed by atoms with E-state index in [2.05, 4.69) is 0 Å². The second-order valence-corrected chi connectivity index (χ2v) is 8.53. The van der Waals surface area contributed by atoms with E-state index in [-0.39, 0.29) is 24.0 Å². The summed E-state index contributed by atoms with van der Waals surface area (Å²) < 4.78 is 46.0. The highest BCUT2D eigenvalue weighted by Crippen LogP contribution is 2.43. The third kappa shape index (κ3) is 5.41. The molecule has 1 aromatic rings. The number of rotatable bonds is 7. The standard InChI is InChI=1S/C23H29F3O5/c1-2-3-4-17(23(24,25)26)18(27)10-9-15-16-8-7-13-5-6-14(22(29)30)11-20(13)31-21(16)12-19(15)28/h5-6,9-11,15-19,21,27-28H,2-4,7-8,12H2,1H3,(H,29,30)/b10-9+/t15-,16-,17+,18?,19-,21+/m1/s1. The first-order valence-electron chi connectivity index (χ1n) is 10.8. The first-order valence-corrected chi connectivity index (χ1v) is 10.8. The number of carbonyl (C=O) groups is 1. The van der Waals surface area contributed by atoms with Crippen LogP contribution in [0.15, 0.2) is 30.4 Å². The third-order valence-corrected chi connectivity index (χ3v) is 6.46. The molecule has 1 aromatic carbocycles. The van der Waals surface area contributed by atoms with Gasteiger partial charge >= 0.3 is 12.1 Å². The number of aromatic carboxylic acids is 1. The van der Waals surface area contributed by atoms with E-state index in [1.807, 2.05) is 0 Å². The number of hydrogen-bond acceptors (Lipinski definition) is 4. The number of ether oxygens (including phenoxy) is 1. The summed E-state index contributed by atoms with van der Waals surface area (Å²) in [6, 6.07) is 4.70. The van der Waals surface area contributed by atoms with Crippen LogP contribution in [0.4, 0.5) is 13.2 Å². The van der Waals surface area contributed by atoms with Crippen LogP contribution in [-0.2, 0) is 6.42 Å². The summed E-state index contributed by atoms with van der Waals surface area (Å²) in [6.45, 7) is 1.80. The van der Waals surface area contributed by atoms with Crippen molar-refractivity contribution in [1.29, 1.82) is 0 Å². The van der Waals surface area contributed by atoms with Gasteiger partial charge in [0.25, 0.3) is 0 Å². The Morgan fingerprint density at radius 3 is 2.74 bits per heavy atom. The lowest BCUT2D eigenvalue weighted by Gasteiger charge is -2.25. The molecule has 1 fully saturated rings. The molecule has 2 aliphatic rings. The topological polar surface area (TPSA) is 87.0 Å². The van der Waals surface area contributed by atoms with Crippen LogP contribution >= 0.6 is 0 Å². The van der Waals surface area contributed by atoms with Crippen molar-refractivity contribution in [3.8, 4) is 5.75 Å². The van der Waals surface area contributed by atoms with Gasteiger partial charge in [0.15, 0.2) is 0 Å². The van der Waals surface area contributed by atoms with E-state index in [1.54, 1.807) is 13.0 Å². The molecule has 1 aliphatic carbocycles. The van der Waals surface area contributed by atoms with Crippen LogP contribution in [0.3, 0.4) is 0 Å². The fraction of sp³-hybridized carbons (Fsp3) is 0.609. The molecular formula is C23H29F3O5. The molecule has 3 rings (SSSR count). The van der Waals surface area contributed by atoms with Crippen LogP contribution in [-0.4, -0.2) is 45.8 Å². The number of alkyl halides is 3. The molecule has 172 valence electrons. The average molecular weight is 442 g/mol. The SMILES string of the molecule is CCCC[C@@H](C(O)/C=C/[C@@H]1[C@H]2CCc3ccc(C(=O)O)cc3O[C@H]2C[C@H]1O)C(F)(F)F. The highest BCUT2D eigenvalue weighted by molar-refractivity contribution is 5.88.